The Balaban J connectivity index is 1.10. The average molecular weight is 630 g/mol. The van der Waals surface area contributed by atoms with Gasteiger partial charge in [-0.05, 0) is 87.5 Å². The van der Waals surface area contributed by atoms with Gasteiger partial charge in [-0.2, -0.15) is 0 Å². The van der Waals surface area contributed by atoms with Crippen molar-refractivity contribution in [3.05, 3.63) is 186 Å². The van der Waals surface area contributed by atoms with Crippen molar-refractivity contribution in [2.75, 3.05) is 4.90 Å². The molecule has 1 aromatic heterocycles. The first-order valence-corrected chi connectivity index (χ1v) is 17.2. The number of benzene rings is 7. The third-order valence-electron chi connectivity index (χ3n) is 10.5. The average Bonchev–Trinajstić information content (AvgIpc) is 3.77. The summed E-state index contributed by atoms with van der Waals surface area (Å²) in [6.07, 6.45) is 0. The molecule has 0 unspecified atom stereocenters. The smallest absolute Gasteiger partial charge is 0.140 e. The van der Waals surface area contributed by atoms with Crippen LogP contribution in [-0.4, -0.2) is 0 Å². The van der Waals surface area contributed by atoms with Crippen LogP contribution in [0.15, 0.2) is 178 Å². The second kappa shape index (κ2) is 9.63. The first-order chi connectivity index (χ1) is 23.8. The van der Waals surface area contributed by atoms with E-state index >= 15 is 0 Å². The first-order valence-electron chi connectivity index (χ1n) is 16.4. The van der Waals surface area contributed by atoms with Gasteiger partial charge in [0.05, 0.1) is 16.8 Å². The molecule has 0 saturated carbocycles. The molecular weight excluding hydrogens is 603 g/mol. The summed E-state index contributed by atoms with van der Waals surface area (Å²) < 4.78 is 6.73. The third-order valence-corrected chi connectivity index (χ3v) is 11.6. The minimum absolute atomic E-state index is 0.459. The van der Waals surface area contributed by atoms with E-state index in [1.165, 1.54) is 76.6 Å². The van der Waals surface area contributed by atoms with Crippen LogP contribution in [0.25, 0.3) is 44.5 Å². The van der Waals surface area contributed by atoms with Gasteiger partial charge in [0.1, 0.15) is 11.3 Å². The van der Waals surface area contributed by atoms with E-state index in [1.807, 2.05) is 11.8 Å². The highest BCUT2D eigenvalue weighted by molar-refractivity contribution is 7.99. The Morgan fingerprint density at radius 2 is 1.06 bits per heavy atom. The van der Waals surface area contributed by atoms with Gasteiger partial charge in [0.2, 0.25) is 0 Å². The van der Waals surface area contributed by atoms with Crippen molar-refractivity contribution in [1.82, 2.24) is 0 Å². The molecule has 2 aliphatic carbocycles. The summed E-state index contributed by atoms with van der Waals surface area (Å²) >= 11 is 1.84. The number of para-hydroxylation sites is 3. The van der Waals surface area contributed by atoms with E-state index in [-0.39, 0.29) is 0 Å². The molecular formula is C45H27NOS. The van der Waals surface area contributed by atoms with Crippen LogP contribution < -0.4 is 4.90 Å². The molecule has 1 aliphatic heterocycles. The van der Waals surface area contributed by atoms with Gasteiger partial charge in [0.25, 0.3) is 0 Å². The summed E-state index contributed by atoms with van der Waals surface area (Å²) in [5.74, 6) is 0.986. The summed E-state index contributed by atoms with van der Waals surface area (Å²) in [5, 5.41) is 1.18. The lowest BCUT2D eigenvalue weighted by atomic mass is 9.70. The zero-order chi connectivity index (χ0) is 31.4. The lowest BCUT2D eigenvalue weighted by molar-refractivity contribution is 0.628. The van der Waals surface area contributed by atoms with E-state index in [0.717, 1.165) is 17.0 Å². The van der Waals surface area contributed by atoms with Crippen LogP contribution in [0.3, 0.4) is 0 Å². The summed E-state index contributed by atoms with van der Waals surface area (Å²) in [7, 11) is 0. The maximum atomic E-state index is 6.73. The predicted molar refractivity (Wildman–Crippen MR) is 197 cm³/mol. The van der Waals surface area contributed by atoms with E-state index in [9.17, 15) is 0 Å². The van der Waals surface area contributed by atoms with Crippen molar-refractivity contribution in [2.45, 2.75) is 15.2 Å². The fraction of sp³-hybridized carbons (Fsp3) is 0.0222. The zero-order valence-corrected chi connectivity index (χ0v) is 26.7. The molecule has 0 saturated heterocycles. The fourth-order valence-electron chi connectivity index (χ4n) is 8.55. The maximum Gasteiger partial charge on any atom is 0.140 e. The molecule has 0 amide bonds. The topological polar surface area (TPSA) is 16.4 Å². The van der Waals surface area contributed by atoms with Gasteiger partial charge in [0, 0.05) is 32.0 Å². The summed E-state index contributed by atoms with van der Waals surface area (Å²) in [6, 6.07) is 59.8. The highest BCUT2D eigenvalue weighted by Gasteiger charge is 2.54. The van der Waals surface area contributed by atoms with E-state index in [1.54, 1.807) is 0 Å². The highest BCUT2D eigenvalue weighted by Crippen LogP contribution is 2.65. The lowest BCUT2D eigenvalue weighted by Crippen LogP contribution is -2.25. The Morgan fingerprint density at radius 1 is 0.479 bits per heavy atom. The predicted octanol–water partition coefficient (Wildman–Crippen LogP) is 12.4. The Kier molecular flexibility index (Phi) is 5.28. The van der Waals surface area contributed by atoms with Gasteiger partial charge in [-0.3, -0.25) is 0 Å². The van der Waals surface area contributed by atoms with Crippen molar-refractivity contribution < 1.29 is 4.42 Å². The van der Waals surface area contributed by atoms with E-state index in [2.05, 4.69) is 169 Å². The lowest BCUT2D eigenvalue weighted by Gasteiger charge is -2.33. The molecule has 0 fully saturated rings. The minimum Gasteiger partial charge on any atom is -0.456 e. The summed E-state index contributed by atoms with van der Waals surface area (Å²) in [6.45, 7) is 0. The normalized spacial score (nSPS) is 14.3. The van der Waals surface area contributed by atoms with Gasteiger partial charge >= 0.3 is 0 Å². The number of rotatable bonds is 2. The van der Waals surface area contributed by atoms with Crippen molar-refractivity contribution >= 4 is 39.8 Å². The Morgan fingerprint density at radius 3 is 1.77 bits per heavy atom. The monoisotopic (exact) mass is 629 g/mol. The third kappa shape index (κ3) is 3.34. The molecule has 0 N–H and O–H groups in total. The number of hydrogen-bond donors (Lipinski definition) is 0. The molecule has 48 heavy (non-hydrogen) atoms. The van der Waals surface area contributed by atoms with Crippen LogP contribution in [0.5, 0.6) is 0 Å². The van der Waals surface area contributed by atoms with Crippen LogP contribution in [0, 0.1) is 0 Å². The van der Waals surface area contributed by atoms with E-state index in [4.69, 9.17) is 4.42 Å². The van der Waals surface area contributed by atoms with Crippen molar-refractivity contribution in [2.24, 2.45) is 0 Å². The molecule has 3 heteroatoms. The van der Waals surface area contributed by atoms with Gasteiger partial charge in [-0.25, -0.2) is 0 Å². The zero-order valence-electron chi connectivity index (χ0n) is 25.9. The largest absolute Gasteiger partial charge is 0.456 e. The summed E-state index contributed by atoms with van der Waals surface area (Å²) in [4.78, 5) is 4.93. The molecule has 7 aromatic carbocycles. The Labute approximate surface area is 282 Å². The van der Waals surface area contributed by atoms with Crippen molar-refractivity contribution in [3.63, 3.8) is 0 Å². The van der Waals surface area contributed by atoms with Gasteiger partial charge in [-0.1, -0.05) is 127 Å². The molecule has 224 valence electrons. The standard InChI is InChI=1S/C45H27NOS/c1-4-14-35-31(11-1)32-12-2-5-15-36(32)45(35)37-27-29(23-26-33(37)44-43(45)34-13-3-8-18-40(34)47-44)28-21-24-30(25-22-28)46-38-16-6-9-19-41(38)48-42-20-10-7-17-39(42)46/h1-27H. The Hall–Kier alpha value is -5.77. The number of hydrogen-bond acceptors (Lipinski definition) is 3. The SMILES string of the molecule is c1ccc2c(c1)Sc1ccccc1N2c1ccc(-c2ccc3c(c2)C2(c4ccccc4-c4ccccc42)c2c-3oc3ccccc23)cc1. The number of nitrogens with zero attached hydrogens (tertiary/aromatic N) is 1. The van der Waals surface area contributed by atoms with Gasteiger partial charge in [-0.15, -0.1) is 0 Å². The minimum atomic E-state index is -0.459. The molecule has 11 rings (SSSR count). The number of fused-ring (bicyclic) bond motifs is 14. The van der Waals surface area contributed by atoms with Crippen LogP contribution in [0.2, 0.25) is 0 Å². The number of furan rings is 1. The molecule has 3 aliphatic rings. The van der Waals surface area contributed by atoms with Gasteiger partial charge < -0.3 is 9.32 Å². The molecule has 2 heterocycles. The van der Waals surface area contributed by atoms with Crippen molar-refractivity contribution in [1.29, 1.82) is 0 Å². The second-order valence-corrected chi connectivity index (χ2v) is 13.9. The Bertz CT molecular complexity index is 2520. The van der Waals surface area contributed by atoms with Crippen LogP contribution in [0.4, 0.5) is 17.1 Å². The molecule has 0 atom stereocenters. The van der Waals surface area contributed by atoms with Crippen LogP contribution >= 0.6 is 11.8 Å². The summed E-state index contributed by atoms with van der Waals surface area (Å²) in [5.41, 5.74) is 15.4. The van der Waals surface area contributed by atoms with E-state index < -0.39 is 5.41 Å². The molecule has 2 nitrogen and oxygen atoms in total. The van der Waals surface area contributed by atoms with Crippen LogP contribution in [0.1, 0.15) is 22.3 Å². The van der Waals surface area contributed by atoms with Gasteiger partial charge in [0.15, 0.2) is 0 Å². The highest BCUT2D eigenvalue weighted by atomic mass is 32.2. The van der Waals surface area contributed by atoms with Crippen LogP contribution in [-0.2, 0) is 5.41 Å². The van der Waals surface area contributed by atoms with E-state index in [0.29, 0.717) is 0 Å². The van der Waals surface area contributed by atoms with Crippen molar-refractivity contribution in [3.8, 4) is 33.6 Å². The molecule has 1 spiro atoms. The number of anilines is 3. The molecule has 0 bridgehead atoms. The maximum absolute atomic E-state index is 6.73. The molecule has 0 radical (unpaired) electrons. The quantitative estimate of drug-likeness (QED) is 0.189. The first kappa shape index (κ1) is 26.3. The second-order valence-electron chi connectivity index (χ2n) is 12.8. The fourth-order valence-corrected chi connectivity index (χ4v) is 9.61. The molecule has 8 aromatic rings.